The SMILES string of the molecule is CCCCCCCCCCCCCCCCCCC(=O)OC[C@@H](COC(=O)CCCCCCCCCCCCCCCCC(C)CC)OC(=O)CCCCCCCCCCC(C)C. The van der Waals surface area contributed by atoms with E-state index in [9.17, 15) is 14.4 Å². The summed E-state index contributed by atoms with van der Waals surface area (Å²) >= 11 is 0. The summed E-state index contributed by atoms with van der Waals surface area (Å²) < 4.78 is 16.9. The first-order chi connectivity index (χ1) is 30.8. The molecule has 6 heteroatoms. The van der Waals surface area contributed by atoms with Crippen LogP contribution in [0.3, 0.4) is 0 Å². The lowest BCUT2D eigenvalue weighted by Crippen LogP contribution is -2.30. The molecule has 6 nitrogen and oxygen atoms in total. The van der Waals surface area contributed by atoms with Crippen molar-refractivity contribution < 1.29 is 28.6 Å². The van der Waals surface area contributed by atoms with Crippen molar-refractivity contribution in [3.63, 3.8) is 0 Å². The topological polar surface area (TPSA) is 78.9 Å². The molecule has 0 spiro atoms. The summed E-state index contributed by atoms with van der Waals surface area (Å²) in [7, 11) is 0. The first kappa shape index (κ1) is 61.4. The van der Waals surface area contributed by atoms with Crippen molar-refractivity contribution in [3.05, 3.63) is 0 Å². The van der Waals surface area contributed by atoms with Gasteiger partial charge in [-0.3, -0.25) is 14.4 Å². The molecule has 1 unspecified atom stereocenters. The largest absolute Gasteiger partial charge is 0.462 e. The zero-order valence-corrected chi connectivity index (χ0v) is 43.2. The second kappa shape index (κ2) is 49.8. The fraction of sp³-hybridized carbons (Fsp3) is 0.947. The molecule has 374 valence electrons. The zero-order chi connectivity index (χ0) is 46.1. The molecular formula is C57H110O6. The van der Waals surface area contributed by atoms with Crippen LogP contribution in [0.4, 0.5) is 0 Å². The molecule has 0 heterocycles. The van der Waals surface area contributed by atoms with Gasteiger partial charge in [-0.05, 0) is 31.1 Å². The number of carbonyl (C=O) groups excluding carboxylic acids is 3. The second-order valence-corrected chi connectivity index (χ2v) is 20.3. The van der Waals surface area contributed by atoms with E-state index >= 15 is 0 Å². The molecular weight excluding hydrogens is 781 g/mol. The van der Waals surface area contributed by atoms with Gasteiger partial charge in [0.25, 0.3) is 0 Å². The van der Waals surface area contributed by atoms with Gasteiger partial charge in [-0.2, -0.15) is 0 Å². The van der Waals surface area contributed by atoms with Crippen molar-refractivity contribution in [1.82, 2.24) is 0 Å². The zero-order valence-electron chi connectivity index (χ0n) is 43.2. The van der Waals surface area contributed by atoms with E-state index in [4.69, 9.17) is 14.2 Å². The summed E-state index contributed by atoms with van der Waals surface area (Å²) in [4.78, 5) is 38.1. The van der Waals surface area contributed by atoms with E-state index < -0.39 is 6.10 Å². The van der Waals surface area contributed by atoms with Crippen LogP contribution >= 0.6 is 0 Å². The van der Waals surface area contributed by atoms with E-state index in [-0.39, 0.29) is 31.1 Å². The van der Waals surface area contributed by atoms with Gasteiger partial charge < -0.3 is 14.2 Å². The van der Waals surface area contributed by atoms with Crippen LogP contribution in [0.25, 0.3) is 0 Å². The molecule has 0 aromatic rings. The van der Waals surface area contributed by atoms with Crippen molar-refractivity contribution in [2.45, 2.75) is 323 Å². The van der Waals surface area contributed by atoms with Gasteiger partial charge in [0.2, 0.25) is 0 Å². The number of esters is 3. The Hall–Kier alpha value is -1.59. The number of ether oxygens (including phenoxy) is 3. The van der Waals surface area contributed by atoms with Gasteiger partial charge in [0.15, 0.2) is 6.10 Å². The van der Waals surface area contributed by atoms with Crippen LogP contribution in [0.5, 0.6) is 0 Å². The normalized spacial score (nSPS) is 12.5. The van der Waals surface area contributed by atoms with Crippen molar-refractivity contribution in [3.8, 4) is 0 Å². The quantitative estimate of drug-likeness (QED) is 0.0344. The van der Waals surface area contributed by atoms with Crippen LogP contribution in [0.1, 0.15) is 317 Å². The average Bonchev–Trinajstić information content (AvgIpc) is 3.27. The number of carbonyl (C=O) groups is 3. The molecule has 0 saturated carbocycles. The Balaban J connectivity index is 4.25. The van der Waals surface area contributed by atoms with Crippen LogP contribution in [0.15, 0.2) is 0 Å². The maximum atomic E-state index is 12.8. The lowest BCUT2D eigenvalue weighted by atomic mass is 9.99. The lowest BCUT2D eigenvalue weighted by molar-refractivity contribution is -0.167. The Bertz CT molecular complexity index is 964. The number of hydrogen-bond donors (Lipinski definition) is 0. The Labute approximate surface area is 393 Å². The standard InChI is InChI=1S/C57H110O6/c1-6-8-9-10-11-12-13-14-15-16-20-23-26-32-37-42-47-55(58)61-50-54(63-57(60)49-44-39-34-29-28-30-35-40-45-52(3)4)51-62-56(59)48-43-38-33-27-24-21-18-17-19-22-25-31-36-41-46-53(5)7-2/h52-54H,6-51H2,1-5H3/t53?,54-/m0/s1. The molecule has 0 aliphatic carbocycles. The van der Waals surface area contributed by atoms with E-state index in [0.717, 1.165) is 69.6 Å². The van der Waals surface area contributed by atoms with E-state index in [2.05, 4.69) is 34.6 Å². The molecule has 0 rings (SSSR count). The van der Waals surface area contributed by atoms with E-state index in [0.29, 0.717) is 19.3 Å². The minimum Gasteiger partial charge on any atom is -0.462 e. The third-order valence-corrected chi connectivity index (χ3v) is 13.3. The highest BCUT2D eigenvalue weighted by Gasteiger charge is 2.19. The second-order valence-electron chi connectivity index (χ2n) is 20.3. The van der Waals surface area contributed by atoms with Crippen molar-refractivity contribution in [2.24, 2.45) is 11.8 Å². The summed E-state index contributed by atoms with van der Waals surface area (Å²) in [5, 5.41) is 0. The summed E-state index contributed by atoms with van der Waals surface area (Å²) in [5.41, 5.74) is 0. The fourth-order valence-electron chi connectivity index (χ4n) is 8.66. The fourth-order valence-corrected chi connectivity index (χ4v) is 8.66. The van der Waals surface area contributed by atoms with Crippen LogP contribution in [0, 0.1) is 11.8 Å². The summed E-state index contributed by atoms with van der Waals surface area (Å²) in [5.74, 6) is 0.845. The van der Waals surface area contributed by atoms with E-state index in [1.807, 2.05) is 0 Å². The predicted molar refractivity (Wildman–Crippen MR) is 270 cm³/mol. The molecule has 0 N–H and O–H groups in total. The van der Waals surface area contributed by atoms with Crippen molar-refractivity contribution in [2.75, 3.05) is 13.2 Å². The maximum Gasteiger partial charge on any atom is 0.306 e. The number of hydrogen-bond acceptors (Lipinski definition) is 6. The molecule has 0 saturated heterocycles. The molecule has 0 amide bonds. The monoisotopic (exact) mass is 891 g/mol. The minimum absolute atomic E-state index is 0.0635. The molecule has 0 fully saturated rings. The first-order valence-electron chi connectivity index (χ1n) is 28.3. The van der Waals surface area contributed by atoms with Crippen LogP contribution in [0.2, 0.25) is 0 Å². The van der Waals surface area contributed by atoms with Gasteiger partial charge >= 0.3 is 17.9 Å². The Morgan fingerprint density at radius 3 is 0.905 bits per heavy atom. The summed E-state index contributed by atoms with van der Waals surface area (Å²) in [6.45, 7) is 11.4. The minimum atomic E-state index is -0.762. The Morgan fingerprint density at radius 1 is 0.333 bits per heavy atom. The molecule has 63 heavy (non-hydrogen) atoms. The first-order valence-corrected chi connectivity index (χ1v) is 28.3. The van der Waals surface area contributed by atoms with Crippen LogP contribution < -0.4 is 0 Å². The van der Waals surface area contributed by atoms with Gasteiger partial charge in [0.05, 0.1) is 0 Å². The van der Waals surface area contributed by atoms with Crippen molar-refractivity contribution >= 4 is 17.9 Å². The van der Waals surface area contributed by atoms with Gasteiger partial charge in [0.1, 0.15) is 13.2 Å². The van der Waals surface area contributed by atoms with Gasteiger partial charge in [-0.1, -0.05) is 279 Å². The highest BCUT2D eigenvalue weighted by molar-refractivity contribution is 5.71. The highest BCUT2D eigenvalue weighted by atomic mass is 16.6. The van der Waals surface area contributed by atoms with Gasteiger partial charge in [-0.15, -0.1) is 0 Å². The van der Waals surface area contributed by atoms with E-state index in [1.54, 1.807) is 0 Å². The third kappa shape index (κ3) is 49.7. The maximum absolute atomic E-state index is 12.8. The van der Waals surface area contributed by atoms with Crippen LogP contribution in [-0.2, 0) is 28.6 Å². The molecule has 0 aromatic carbocycles. The van der Waals surface area contributed by atoms with Crippen molar-refractivity contribution in [1.29, 1.82) is 0 Å². The molecule has 0 aromatic heterocycles. The Kier molecular flexibility index (Phi) is 48.6. The summed E-state index contributed by atoms with van der Waals surface area (Å²) in [6.07, 6.45) is 52.3. The number of unbranched alkanes of at least 4 members (excludes halogenated alkanes) is 35. The third-order valence-electron chi connectivity index (χ3n) is 13.3. The lowest BCUT2D eigenvalue weighted by Gasteiger charge is -2.18. The smallest absolute Gasteiger partial charge is 0.306 e. The Morgan fingerprint density at radius 2 is 0.603 bits per heavy atom. The summed E-state index contributed by atoms with van der Waals surface area (Å²) in [6, 6.07) is 0. The molecule has 0 radical (unpaired) electrons. The van der Waals surface area contributed by atoms with Gasteiger partial charge in [-0.25, -0.2) is 0 Å². The highest BCUT2D eigenvalue weighted by Crippen LogP contribution is 2.18. The molecule has 0 aliphatic rings. The predicted octanol–water partition coefficient (Wildman–Crippen LogP) is 18.5. The van der Waals surface area contributed by atoms with Gasteiger partial charge in [0, 0.05) is 19.3 Å². The average molecular weight is 892 g/mol. The van der Waals surface area contributed by atoms with E-state index in [1.165, 1.54) is 205 Å². The molecule has 2 atom stereocenters. The molecule has 0 bridgehead atoms. The van der Waals surface area contributed by atoms with Crippen LogP contribution in [-0.4, -0.2) is 37.2 Å². The molecule has 0 aliphatic heterocycles. The number of rotatable bonds is 51.